The van der Waals surface area contributed by atoms with E-state index >= 15 is 0 Å². The van der Waals surface area contributed by atoms with E-state index in [1.165, 1.54) is 6.07 Å². The van der Waals surface area contributed by atoms with Gasteiger partial charge in [0, 0.05) is 19.1 Å². The first-order valence-corrected chi connectivity index (χ1v) is 8.83. The molecule has 1 aliphatic heterocycles. The maximum atomic E-state index is 13.1. The van der Waals surface area contributed by atoms with Crippen LogP contribution in [0, 0.1) is 11.3 Å². The first-order valence-electron chi connectivity index (χ1n) is 6.94. The Kier molecular flexibility index (Phi) is 4.87. The maximum Gasteiger partial charge on any atom is 0.418 e. The average molecular weight is 347 g/mol. The quantitative estimate of drug-likeness (QED) is 0.909. The Bertz CT molecular complexity index is 718. The summed E-state index contributed by atoms with van der Waals surface area (Å²) < 4.78 is 64.3. The number of sulfonamides is 1. The molecule has 0 aliphatic carbocycles. The molecule has 1 aromatic carbocycles. The molecule has 1 aliphatic rings. The van der Waals surface area contributed by atoms with Gasteiger partial charge >= 0.3 is 6.18 Å². The van der Waals surface area contributed by atoms with Gasteiger partial charge < -0.3 is 4.90 Å². The van der Waals surface area contributed by atoms with E-state index in [0.717, 1.165) is 18.4 Å². The third-order valence-corrected chi connectivity index (χ3v) is 4.41. The van der Waals surface area contributed by atoms with Crippen molar-refractivity contribution in [3.8, 4) is 6.07 Å². The minimum atomic E-state index is -4.51. The number of hydrogen-bond acceptors (Lipinski definition) is 4. The molecule has 0 saturated carbocycles. The second kappa shape index (κ2) is 6.37. The zero-order valence-corrected chi connectivity index (χ0v) is 13.2. The Morgan fingerprint density at radius 3 is 2.39 bits per heavy atom. The molecule has 0 bridgehead atoms. The minimum Gasteiger partial charge on any atom is -0.371 e. The van der Waals surface area contributed by atoms with Gasteiger partial charge in [-0.05, 0) is 31.0 Å². The van der Waals surface area contributed by atoms with Crippen molar-refractivity contribution in [1.29, 1.82) is 5.26 Å². The lowest BCUT2D eigenvalue weighted by atomic mass is 10.0. The molecule has 23 heavy (non-hydrogen) atoms. The molecule has 2 rings (SSSR count). The third-order valence-electron chi connectivity index (χ3n) is 3.65. The molecular weight excluding hydrogens is 331 g/mol. The number of rotatable bonds is 3. The van der Waals surface area contributed by atoms with Crippen molar-refractivity contribution >= 4 is 15.7 Å². The zero-order valence-electron chi connectivity index (χ0n) is 12.4. The van der Waals surface area contributed by atoms with Crippen LogP contribution in [0.3, 0.4) is 0 Å². The van der Waals surface area contributed by atoms with E-state index < -0.39 is 21.8 Å². The van der Waals surface area contributed by atoms with E-state index in [4.69, 9.17) is 5.26 Å². The van der Waals surface area contributed by atoms with E-state index in [1.54, 1.807) is 4.90 Å². The summed E-state index contributed by atoms with van der Waals surface area (Å²) >= 11 is 0. The van der Waals surface area contributed by atoms with E-state index in [9.17, 15) is 21.6 Å². The molecule has 0 aromatic heterocycles. The number of hydrogen-bond donors (Lipinski definition) is 1. The molecule has 126 valence electrons. The molecule has 0 unspecified atom stereocenters. The summed E-state index contributed by atoms with van der Waals surface area (Å²) in [7, 11) is -3.34. The van der Waals surface area contributed by atoms with Crippen molar-refractivity contribution in [3.63, 3.8) is 0 Å². The topological polar surface area (TPSA) is 73.2 Å². The molecule has 0 spiro atoms. The molecule has 1 heterocycles. The maximum absolute atomic E-state index is 13.1. The SMILES string of the molecule is CS(=O)(=O)NC1CCN(c2cc(C#N)ccc2C(F)(F)F)CC1. The summed E-state index contributed by atoms with van der Waals surface area (Å²) in [4.78, 5) is 1.55. The average Bonchev–Trinajstić information content (AvgIpc) is 2.45. The standard InChI is InChI=1S/C14H16F3N3O2S/c1-23(21,22)19-11-4-6-20(7-5-11)13-8-10(9-18)2-3-12(13)14(15,16)17/h2-3,8,11,19H,4-7H2,1H3. The molecular formula is C14H16F3N3O2S. The number of anilines is 1. The normalized spacial score (nSPS) is 17.1. The van der Waals surface area contributed by atoms with Gasteiger partial charge in [-0.25, -0.2) is 13.1 Å². The van der Waals surface area contributed by atoms with Crippen LogP contribution in [0.15, 0.2) is 18.2 Å². The van der Waals surface area contributed by atoms with Crippen LogP contribution in [0.2, 0.25) is 0 Å². The lowest BCUT2D eigenvalue weighted by molar-refractivity contribution is -0.137. The molecule has 1 N–H and O–H groups in total. The lowest BCUT2D eigenvalue weighted by Crippen LogP contribution is -2.44. The second-order valence-electron chi connectivity index (χ2n) is 5.49. The number of alkyl halides is 3. The van der Waals surface area contributed by atoms with Gasteiger partial charge in [0.25, 0.3) is 0 Å². The van der Waals surface area contributed by atoms with Gasteiger partial charge in [0.15, 0.2) is 0 Å². The highest BCUT2D eigenvalue weighted by Crippen LogP contribution is 2.38. The molecule has 9 heteroatoms. The molecule has 1 aromatic rings. The molecule has 0 amide bonds. The van der Waals surface area contributed by atoms with Gasteiger partial charge in [-0.15, -0.1) is 0 Å². The first kappa shape index (κ1) is 17.6. The van der Waals surface area contributed by atoms with Gasteiger partial charge in [0.1, 0.15) is 0 Å². The van der Waals surface area contributed by atoms with Crippen LogP contribution in [0.4, 0.5) is 18.9 Å². The highest BCUT2D eigenvalue weighted by Gasteiger charge is 2.36. The van der Waals surface area contributed by atoms with Crippen molar-refractivity contribution in [1.82, 2.24) is 4.72 Å². The molecule has 0 radical (unpaired) electrons. The smallest absolute Gasteiger partial charge is 0.371 e. The number of nitriles is 1. The number of halogens is 3. The van der Waals surface area contributed by atoms with Crippen molar-refractivity contribution in [2.45, 2.75) is 25.1 Å². The predicted octanol–water partition coefficient (Wildman–Crippen LogP) is 2.10. The summed E-state index contributed by atoms with van der Waals surface area (Å²) in [6, 6.07) is 4.84. The van der Waals surface area contributed by atoms with E-state index in [2.05, 4.69) is 4.72 Å². The largest absolute Gasteiger partial charge is 0.418 e. The summed E-state index contributed by atoms with van der Waals surface area (Å²) in [5, 5.41) is 8.90. The number of nitrogens with zero attached hydrogens (tertiary/aromatic N) is 2. The Balaban J connectivity index is 2.21. The van der Waals surface area contributed by atoms with Crippen molar-refractivity contribution in [2.75, 3.05) is 24.2 Å². The summed E-state index contributed by atoms with van der Waals surface area (Å²) in [6.07, 6.45) is -2.65. The van der Waals surface area contributed by atoms with Gasteiger partial charge in [-0.2, -0.15) is 18.4 Å². The fourth-order valence-electron chi connectivity index (χ4n) is 2.64. The van der Waals surface area contributed by atoms with E-state index in [0.29, 0.717) is 12.8 Å². The fraction of sp³-hybridized carbons (Fsp3) is 0.500. The van der Waals surface area contributed by atoms with Crippen LogP contribution in [-0.4, -0.2) is 33.8 Å². The van der Waals surface area contributed by atoms with Crippen LogP contribution < -0.4 is 9.62 Å². The predicted molar refractivity (Wildman–Crippen MR) is 79.4 cm³/mol. The first-order chi connectivity index (χ1) is 10.6. The van der Waals surface area contributed by atoms with Gasteiger partial charge in [-0.1, -0.05) is 0 Å². The van der Waals surface area contributed by atoms with Crippen molar-refractivity contribution in [3.05, 3.63) is 29.3 Å². The van der Waals surface area contributed by atoms with Gasteiger partial charge in [0.05, 0.1) is 29.1 Å². The monoisotopic (exact) mass is 347 g/mol. The molecule has 1 fully saturated rings. The van der Waals surface area contributed by atoms with Crippen LogP contribution in [0.5, 0.6) is 0 Å². The molecule has 5 nitrogen and oxygen atoms in total. The minimum absolute atomic E-state index is 0.0330. The lowest BCUT2D eigenvalue weighted by Gasteiger charge is -2.35. The van der Waals surface area contributed by atoms with Crippen LogP contribution in [0.1, 0.15) is 24.0 Å². The Morgan fingerprint density at radius 2 is 1.91 bits per heavy atom. The second-order valence-corrected chi connectivity index (χ2v) is 7.27. The number of benzene rings is 1. The van der Waals surface area contributed by atoms with Crippen molar-refractivity contribution in [2.24, 2.45) is 0 Å². The highest BCUT2D eigenvalue weighted by atomic mass is 32.2. The number of nitrogens with one attached hydrogen (secondary N) is 1. The number of piperidine rings is 1. The summed E-state index contributed by atoms with van der Waals surface area (Å²) in [5.74, 6) is 0. The fourth-order valence-corrected chi connectivity index (χ4v) is 3.48. The summed E-state index contributed by atoms with van der Waals surface area (Å²) in [5.41, 5.74) is -0.662. The van der Waals surface area contributed by atoms with Crippen LogP contribution in [0.25, 0.3) is 0 Å². The van der Waals surface area contributed by atoms with E-state index in [1.807, 2.05) is 6.07 Å². The Labute approximate surface area is 132 Å². The highest BCUT2D eigenvalue weighted by molar-refractivity contribution is 7.88. The Hall–Kier alpha value is -1.79. The Morgan fingerprint density at radius 1 is 1.30 bits per heavy atom. The zero-order chi connectivity index (χ0) is 17.3. The van der Waals surface area contributed by atoms with Gasteiger partial charge in [0.2, 0.25) is 10.0 Å². The molecule has 0 atom stereocenters. The third kappa shape index (κ3) is 4.59. The summed E-state index contributed by atoms with van der Waals surface area (Å²) in [6.45, 7) is 0.566. The molecule has 1 saturated heterocycles. The van der Waals surface area contributed by atoms with Gasteiger partial charge in [-0.3, -0.25) is 0 Å². The van der Waals surface area contributed by atoms with Crippen molar-refractivity contribution < 1.29 is 21.6 Å². The van der Waals surface area contributed by atoms with Crippen LogP contribution in [-0.2, 0) is 16.2 Å². The van der Waals surface area contributed by atoms with Crippen LogP contribution >= 0.6 is 0 Å². The van der Waals surface area contributed by atoms with E-state index in [-0.39, 0.29) is 30.4 Å².